The van der Waals surface area contributed by atoms with Gasteiger partial charge in [-0.25, -0.2) is 4.79 Å². The third kappa shape index (κ3) is 9.88. The molecule has 0 aliphatic rings. The summed E-state index contributed by atoms with van der Waals surface area (Å²) in [4.78, 5) is 10.7. The van der Waals surface area contributed by atoms with E-state index in [1.165, 1.54) is 12.8 Å². The van der Waals surface area contributed by atoms with Crippen LogP contribution in [-0.2, 0) is 9.53 Å². The van der Waals surface area contributed by atoms with Crippen molar-refractivity contribution in [3.63, 3.8) is 0 Å². The molecule has 0 amide bonds. The van der Waals surface area contributed by atoms with Crippen molar-refractivity contribution in [3.8, 4) is 0 Å². The van der Waals surface area contributed by atoms with Gasteiger partial charge in [-0.15, -0.1) is 0 Å². The summed E-state index contributed by atoms with van der Waals surface area (Å²) < 4.78 is 64.8. The summed E-state index contributed by atoms with van der Waals surface area (Å²) in [5, 5.41) is 0. The first kappa shape index (κ1) is 22.9. The van der Waals surface area contributed by atoms with Crippen LogP contribution in [-0.4, -0.2) is 24.7 Å². The molecule has 0 spiro atoms. The van der Waals surface area contributed by atoms with Gasteiger partial charge in [-0.1, -0.05) is 57.6 Å². The van der Waals surface area contributed by atoms with Gasteiger partial charge in [0, 0.05) is 0 Å². The predicted octanol–water partition coefficient (Wildman–Crippen LogP) is 6.20. The molecular formula is C17H27F5O2. The van der Waals surface area contributed by atoms with E-state index >= 15 is 0 Å². The first-order valence-corrected chi connectivity index (χ1v) is 8.50. The zero-order chi connectivity index (χ0) is 18.5. The predicted molar refractivity (Wildman–Crippen MR) is 82.9 cm³/mol. The largest absolute Gasteiger partial charge is 0.465 e. The highest BCUT2D eigenvalue weighted by molar-refractivity contribution is 5.78. The van der Waals surface area contributed by atoms with Crippen LogP contribution in [0.4, 0.5) is 22.0 Å². The fourth-order valence-corrected chi connectivity index (χ4v) is 2.00. The van der Waals surface area contributed by atoms with E-state index in [0.717, 1.165) is 38.5 Å². The number of unbranched alkanes of at least 4 members (excludes halogenated alkanes) is 8. The second-order valence-electron chi connectivity index (χ2n) is 5.73. The lowest BCUT2D eigenvalue weighted by molar-refractivity contribution is -0.280. The molecule has 0 aromatic heterocycles. The molecule has 0 fully saturated rings. The van der Waals surface area contributed by atoms with Crippen LogP contribution in [0, 0.1) is 0 Å². The number of alkyl halides is 5. The molecule has 0 atom stereocenters. The lowest BCUT2D eigenvalue weighted by Crippen LogP contribution is -2.45. The van der Waals surface area contributed by atoms with Crippen molar-refractivity contribution in [2.24, 2.45) is 0 Å². The van der Waals surface area contributed by atoms with E-state index in [9.17, 15) is 26.7 Å². The van der Waals surface area contributed by atoms with Gasteiger partial charge >= 0.3 is 18.1 Å². The molecule has 142 valence electrons. The van der Waals surface area contributed by atoms with E-state index in [0.29, 0.717) is 6.42 Å². The highest BCUT2D eigenvalue weighted by Gasteiger charge is 2.64. The van der Waals surface area contributed by atoms with Crippen LogP contribution >= 0.6 is 0 Å². The Morgan fingerprint density at radius 1 is 0.833 bits per heavy atom. The van der Waals surface area contributed by atoms with Crippen LogP contribution in [0.1, 0.15) is 71.1 Å². The zero-order valence-electron chi connectivity index (χ0n) is 14.1. The van der Waals surface area contributed by atoms with Crippen molar-refractivity contribution in [1.29, 1.82) is 0 Å². The second-order valence-corrected chi connectivity index (χ2v) is 5.73. The summed E-state index contributed by atoms with van der Waals surface area (Å²) in [6.45, 7) is 1.74. The number of carbonyl (C=O) groups excluding carboxylic acids is 1. The SMILES string of the molecule is CCCC/C=C\CCCCCCCCOC(=O)C(F)(F)C(F)(F)F. The maximum Gasteiger partial charge on any atom is 0.465 e. The summed E-state index contributed by atoms with van der Waals surface area (Å²) >= 11 is 0. The van der Waals surface area contributed by atoms with E-state index in [4.69, 9.17) is 0 Å². The summed E-state index contributed by atoms with van der Waals surface area (Å²) in [5.41, 5.74) is 0. The maximum atomic E-state index is 12.6. The van der Waals surface area contributed by atoms with Crippen LogP contribution in [0.3, 0.4) is 0 Å². The number of carbonyl (C=O) groups is 1. The molecule has 0 aromatic rings. The molecule has 0 bridgehead atoms. The normalized spacial score (nSPS) is 12.8. The topological polar surface area (TPSA) is 26.3 Å². The van der Waals surface area contributed by atoms with E-state index in [2.05, 4.69) is 23.8 Å². The molecular weight excluding hydrogens is 331 g/mol. The Kier molecular flexibility index (Phi) is 11.7. The van der Waals surface area contributed by atoms with Crippen molar-refractivity contribution in [2.75, 3.05) is 6.61 Å². The minimum absolute atomic E-state index is 0.288. The Bertz CT molecular complexity index is 364. The van der Waals surface area contributed by atoms with Gasteiger partial charge in [0.25, 0.3) is 0 Å². The molecule has 0 unspecified atom stereocenters. The number of allylic oxidation sites excluding steroid dienone is 2. The molecule has 0 aliphatic heterocycles. The van der Waals surface area contributed by atoms with Gasteiger partial charge < -0.3 is 4.74 Å². The highest BCUT2D eigenvalue weighted by atomic mass is 19.4. The van der Waals surface area contributed by atoms with E-state index < -0.39 is 24.7 Å². The molecule has 0 saturated heterocycles. The Morgan fingerprint density at radius 2 is 1.33 bits per heavy atom. The third-order valence-electron chi connectivity index (χ3n) is 3.50. The molecule has 0 saturated carbocycles. The van der Waals surface area contributed by atoms with Gasteiger partial charge in [0.2, 0.25) is 0 Å². The maximum absolute atomic E-state index is 12.6. The zero-order valence-corrected chi connectivity index (χ0v) is 14.1. The fraction of sp³-hybridized carbons (Fsp3) is 0.824. The van der Waals surface area contributed by atoms with Crippen molar-refractivity contribution < 1.29 is 31.5 Å². The monoisotopic (exact) mass is 358 g/mol. The average Bonchev–Trinajstić information content (AvgIpc) is 2.50. The summed E-state index contributed by atoms with van der Waals surface area (Å²) in [6, 6.07) is 0. The Labute approximate surface area is 140 Å². The van der Waals surface area contributed by atoms with E-state index in [1.807, 2.05) is 0 Å². The number of esters is 1. The van der Waals surface area contributed by atoms with Crippen LogP contribution < -0.4 is 0 Å². The molecule has 0 rings (SSSR count). The van der Waals surface area contributed by atoms with Crippen molar-refractivity contribution in [3.05, 3.63) is 12.2 Å². The van der Waals surface area contributed by atoms with E-state index in [1.54, 1.807) is 0 Å². The molecule has 0 radical (unpaired) electrons. The van der Waals surface area contributed by atoms with Gasteiger partial charge in [-0.05, 0) is 25.7 Å². The Balaban J connectivity index is 3.52. The minimum atomic E-state index is -5.91. The van der Waals surface area contributed by atoms with Crippen LogP contribution in [0.25, 0.3) is 0 Å². The number of ether oxygens (including phenoxy) is 1. The molecule has 0 aromatic carbocycles. The Hall–Kier alpha value is -1.14. The van der Waals surface area contributed by atoms with Gasteiger partial charge in [-0.3, -0.25) is 0 Å². The lowest BCUT2D eigenvalue weighted by atomic mass is 10.1. The molecule has 7 heteroatoms. The number of hydrogen-bond acceptors (Lipinski definition) is 2. The molecule has 0 N–H and O–H groups in total. The fourth-order valence-electron chi connectivity index (χ4n) is 2.00. The highest BCUT2D eigenvalue weighted by Crippen LogP contribution is 2.36. The smallest absolute Gasteiger partial charge is 0.461 e. The lowest BCUT2D eigenvalue weighted by Gasteiger charge is -2.17. The van der Waals surface area contributed by atoms with Gasteiger partial charge in [0.15, 0.2) is 0 Å². The first-order chi connectivity index (χ1) is 11.2. The number of halogens is 5. The molecule has 0 heterocycles. The quantitative estimate of drug-likeness (QED) is 0.169. The standard InChI is InChI=1S/C17H27F5O2/c1-2-3-4-5-6-7-8-9-10-11-12-13-14-24-15(23)16(18,19)17(20,21)22/h5-6H,2-4,7-14H2,1H3/b6-5-. The average molecular weight is 358 g/mol. The second kappa shape index (κ2) is 12.3. The summed E-state index contributed by atoms with van der Waals surface area (Å²) in [6.07, 6.45) is 7.86. The van der Waals surface area contributed by atoms with Crippen LogP contribution in [0.15, 0.2) is 12.2 Å². The minimum Gasteiger partial charge on any atom is -0.461 e. The molecule has 0 aliphatic carbocycles. The first-order valence-electron chi connectivity index (χ1n) is 8.50. The number of rotatable bonds is 13. The van der Waals surface area contributed by atoms with Gasteiger partial charge in [0.1, 0.15) is 0 Å². The van der Waals surface area contributed by atoms with Crippen molar-refractivity contribution in [2.45, 2.75) is 83.2 Å². The molecule has 2 nitrogen and oxygen atoms in total. The Morgan fingerprint density at radius 3 is 1.88 bits per heavy atom. The van der Waals surface area contributed by atoms with Gasteiger partial charge in [-0.2, -0.15) is 22.0 Å². The number of hydrogen-bond donors (Lipinski definition) is 0. The van der Waals surface area contributed by atoms with Crippen LogP contribution in [0.2, 0.25) is 0 Å². The van der Waals surface area contributed by atoms with Crippen molar-refractivity contribution >= 4 is 5.97 Å². The van der Waals surface area contributed by atoms with Gasteiger partial charge in [0.05, 0.1) is 6.61 Å². The summed E-state index contributed by atoms with van der Waals surface area (Å²) in [7, 11) is 0. The molecule has 24 heavy (non-hydrogen) atoms. The van der Waals surface area contributed by atoms with Crippen molar-refractivity contribution in [1.82, 2.24) is 0 Å². The summed E-state index contributed by atoms with van der Waals surface area (Å²) in [5.74, 6) is -7.96. The van der Waals surface area contributed by atoms with Crippen LogP contribution in [0.5, 0.6) is 0 Å². The van der Waals surface area contributed by atoms with E-state index in [-0.39, 0.29) is 6.42 Å². The third-order valence-corrected chi connectivity index (χ3v) is 3.50.